The van der Waals surface area contributed by atoms with Crippen molar-refractivity contribution in [3.8, 4) is 11.4 Å². The van der Waals surface area contributed by atoms with Gasteiger partial charge in [0.1, 0.15) is 0 Å². The number of benzene rings is 3. The number of rotatable bonds is 9. The molecule has 4 aromatic rings. The van der Waals surface area contributed by atoms with Gasteiger partial charge in [-0.25, -0.2) is 4.79 Å². The summed E-state index contributed by atoms with van der Waals surface area (Å²) in [5.41, 5.74) is 8.90. The van der Waals surface area contributed by atoms with E-state index in [1.165, 1.54) is 0 Å². The number of morpholine rings is 2. The number of urea groups is 1. The predicted molar refractivity (Wildman–Crippen MR) is 182 cm³/mol. The van der Waals surface area contributed by atoms with E-state index in [2.05, 4.69) is 31.1 Å². The van der Waals surface area contributed by atoms with Crippen molar-refractivity contribution in [1.29, 1.82) is 0 Å². The van der Waals surface area contributed by atoms with Gasteiger partial charge >= 0.3 is 6.03 Å². The molecule has 2 aliphatic rings. The van der Waals surface area contributed by atoms with Crippen LogP contribution in [0.5, 0.6) is 0 Å². The second-order valence-electron chi connectivity index (χ2n) is 11.0. The van der Waals surface area contributed by atoms with Crippen molar-refractivity contribution in [2.24, 2.45) is 0 Å². The molecule has 6 N–H and O–H groups in total. The molecule has 15 heteroatoms. The van der Waals surface area contributed by atoms with Gasteiger partial charge in [0.2, 0.25) is 17.8 Å². The van der Waals surface area contributed by atoms with Gasteiger partial charge in [-0.1, -0.05) is 12.1 Å². The van der Waals surface area contributed by atoms with Gasteiger partial charge in [-0.15, -0.1) is 0 Å². The minimum absolute atomic E-state index is 0.230. The quantitative estimate of drug-likeness (QED) is 0.167. The van der Waals surface area contributed by atoms with Gasteiger partial charge in [0.05, 0.1) is 44.3 Å². The van der Waals surface area contributed by atoms with Crippen molar-refractivity contribution in [2.75, 3.05) is 90.6 Å². The Morgan fingerprint density at radius 1 is 0.688 bits per heavy atom. The van der Waals surface area contributed by atoms with Gasteiger partial charge in [0, 0.05) is 48.7 Å². The maximum atomic E-state index is 12.7. The summed E-state index contributed by atoms with van der Waals surface area (Å²) in [5.74, 6) is 0.903. The number of aromatic nitrogens is 3. The Morgan fingerprint density at radius 3 is 1.79 bits per heavy atom. The topological polar surface area (TPSA) is 189 Å². The number of para-hydroxylation sites is 2. The Bertz CT molecular complexity index is 1700. The standard InChI is InChI=1S/C33H36N10O5/c34-26-3-1-2-4-27(26)38-28(44)21-35-30(45)23-7-11-25(12-8-23)37-33(46)36-24-9-5-22(6-10-24)29-39-31(42-13-17-47-18-14-42)41-32(40-29)43-15-19-48-20-16-43/h1-12H,13-21,34H2,(H,35,45)(H,38,44)(H2,36,37,46). The molecular formula is C33H36N10O5. The number of nitrogen functional groups attached to an aromatic ring is 1. The average molecular weight is 653 g/mol. The molecule has 0 saturated carbocycles. The van der Waals surface area contributed by atoms with Crippen LogP contribution in [0, 0.1) is 0 Å². The van der Waals surface area contributed by atoms with E-state index in [0.717, 1.165) is 5.56 Å². The number of carbonyl (C=O) groups excluding carboxylic acids is 3. The molecule has 4 amide bonds. The van der Waals surface area contributed by atoms with E-state index in [1.54, 1.807) is 60.7 Å². The number of nitrogens with two attached hydrogens (primary N) is 1. The lowest BCUT2D eigenvalue weighted by Crippen LogP contribution is -2.40. The van der Waals surface area contributed by atoms with Crippen LogP contribution in [-0.2, 0) is 14.3 Å². The lowest BCUT2D eigenvalue weighted by atomic mass is 10.2. The van der Waals surface area contributed by atoms with Crippen molar-refractivity contribution < 1.29 is 23.9 Å². The molecule has 1 aromatic heterocycles. The first-order chi connectivity index (χ1) is 23.4. The maximum Gasteiger partial charge on any atom is 0.323 e. The van der Waals surface area contributed by atoms with Gasteiger partial charge < -0.3 is 46.3 Å². The minimum Gasteiger partial charge on any atom is -0.397 e. The number of hydrogen-bond acceptors (Lipinski definition) is 11. The summed E-state index contributed by atoms with van der Waals surface area (Å²) in [4.78, 5) is 56.0. The highest BCUT2D eigenvalue weighted by molar-refractivity contribution is 6.02. The zero-order valence-electron chi connectivity index (χ0n) is 26.1. The molecule has 0 unspecified atom stereocenters. The van der Waals surface area contributed by atoms with Crippen LogP contribution in [0.15, 0.2) is 72.8 Å². The number of ether oxygens (including phenoxy) is 2. The summed E-state index contributed by atoms with van der Waals surface area (Å²) >= 11 is 0. The van der Waals surface area contributed by atoms with Gasteiger partial charge in [-0.3, -0.25) is 9.59 Å². The van der Waals surface area contributed by atoms with Crippen LogP contribution < -0.4 is 36.8 Å². The first-order valence-corrected chi connectivity index (χ1v) is 15.5. The first kappa shape index (κ1) is 32.2. The van der Waals surface area contributed by atoms with Crippen molar-refractivity contribution >= 4 is 52.5 Å². The molecular weight excluding hydrogens is 616 g/mol. The largest absolute Gasteiger partial charge is 0.397 e. The maximum absolute atomic E-state index is 12.7. The molecule has 3 heterocycles. The molecule has 2 fully saturated rings. The molecule has 0 atom stereocenters. The Labute approximate surface area is 276 Å². The SMILES string of the molecule is Nc1ccccc1NC(=O)CNC(=O)c1ccc(NC(=O)Nc2ccc(-c3nc(N4CCOCC4)nc(N4CCOCC4)n3)cc2)cc1. The molecule has 248 valence electrons. The zero-order chi connectivity index (χ0) is 33.3. The number of hydrogen-bond donors (Lipinski definition) is 5. The molecule has 2 saturated heterocycles. The molecule has 2 aliphatic heterocycles. The van der Waals surface area contributed by atoms with Crippen molar-refractivity contribution in [2.45, 2.75) is 0 Å². The highest BCUT2D eigenvalue weighted by Crippen LogP contribution is 2.24. The van der Waals surface area contributed by atoms with Crippen LogP contribution in [-0.4, -0.2) is 91.9 Å². The van der Waals surface area contributed by atoms with Gasteiger partial charge in [-0.2, -0.15) is 15.0 Å². The number of nitrogens with zero attached hydrogens (tertiary/aromatic N) is 5. The molecule has 0 bridgehead atoms. The van der Waals surface area contributed by atoms with E-state index in [9.17, 15) is 14.4 Å². The van der Waals surface area contributed by atoms with Gasteiger partial charge in [0.25, 0.3) is 5.91 Å². The third kappa shape index (κ3) is 8.31. The van der Waals surface area contributed by atoms with E-state index in [0.29, 0.717) is 98.6 Å². The van der Waals surface area contributed by atoms with E-state index in [-0.39, 0.29) is 6.54 Å². The summed E-state index contributed by atoms with van der Waals surface area (Å²) < 4.78 is 11.0. The van der Waals surface area contributed by atoms with E-state index < -0.39 is 17.8 Å². The van der Waals surface area contributed by atoms with Crippen molar-refractivity contribution in [3.05, 3.63) is 78.4 Å². The Hall–Kier alpha value is -5.80. The number of nitrogens with one attached hydrogen (secondary N) is 4. The highest BCUT2D eigenvalue weighted by atomic mass is 16.5. The fourth-order valence-electron chi connectivity index (χ4n) is 5.06. The van der Waals surface area contributed by atoms with E-state index in [4.69, 9.17) is 30.2 Å². The second kappa shape index (κ2) is 15.2. The number of carbonyl (C=O) groups is 3. The van der Waals surface area contributed by atoms with Crippen LogP contribution >= 0.6 is 0 Å². The van der Waals surface area contributed by atoms with Crippen LogP contribution in [0.25, 0.3) is 11.4 Å². The van der Waals surface area contributed by atoms with Gasteiger partial charge in [0.15, 0.2) is 5.82 Å². The monoisotopic (exact) mass is 652 g/mol. The number of amides is 4. The molecule has 0 spiro atoms. The Kier molecular flexibility index (Phi) is 10.2. The summed E-state index contributed by atoms with van der Waals surface area (Å²) in [5, 5.41) is 10.8. The van der Waals surface area contributed by atoms with Crippen molar-refractivity contribution in [3.63, 3.8) is 0 Å². The van der Waals surface area contributed by atoms with E-state index >= 15 is 0 Å². The predicted octanol–water partition coefficient (Wildman–Crippen LogP) is 2.81. The molecule has 15 nitrogen and oxygen atoms in total. The lowest BCUT2D eigenvalue weighted by Gasteiger charge is -2.30. The van der Waals surface area contributed by atoms with Crippen LogP contribution in [0.4, 0.5) is 39.4 Å². The smallest absolute Gasteiger partial charge is 0.323 e. The number of anilines is 6. The van der Waals surface area contributed by atoms with Crippen molar-refractivity contribution in [1.82, 2.24) is 20.3 Å². The summed E-state index contributed by atoms with van der Waals surface area (Å²) in [7, 11) is 0. The normalized spacial score (nSPS) is 14.6. The van der Waals surface area contributed by atoms with Gasteiger partial charge in [-0.05, 0) is 60.7 Å². The lowest BCUT2D eigenvalue weighted by molar-refractivity contribution is -0.115. The third-order valence-electron chi connectivity index (χ3n) is 7.65. The molecule has 48 heavy (non-hydrogen) atoms. The fourth-order valence-corrected chi connectivity index (χ4v) is 5.06. The van der Waals surface area contributed by atoms with Crippen LogP contribution in [0.1, 0.15) is 10.4 Å². The Balaban J connectivity index is 1.03. The summed E-state index contributed by atoms with van der Waals surface area (Å²) in [6.45, 7) is 5.02. The average Bonchev–Trinajstić information content (AvgIpc) is 3.13. The van der Waals surface area contributed by atoms with Crippen LogP contribution in [0.2, 0.25) is 0 Å². The molecule has 6 rings (SSSR count). The summed E-state index contributed by atoms with van der Waals surface area (Å²) in [6, 6.07) is 19.9. The minimum atomic E-state index is -0.457. The van der Waals surface area contributed by atoms with E-state index in [1.807, 2.05) is 12.1 Å². The fraction of sp³-hybridized carbons (Fsp3) is 0.273. The van der Waals surface area contributed by atoms with Crippen LogP contribution in [0.3, 0.4) is 0 Å². The molecule has 3 aromatic carbocycles. The molecule has 0 aliphatic carbocycles. The zero-order valence-corrected chi connectivity index (χ0v) is 26.1. The first-order valence-electron chi connectivity index (χ1n) is 15.5. The highest BCUT2D eigenvalue weighted by Gasteiger charge is 2.21. The summed E-state index contributed by atoms with van der Waals surface area (Å²) in [6.07, 6.45) is 0. The molecule has 0 radical (unpaired) electrons. The Morgan fingerprint density at radius 2 is 1.23 bits per heavy atom. The third-order valence-corrected chi connectivity index (χ3v) is 7.65. The second-order valence-corrected chi connectivity index (χ2v) is 11.0.